The summed E-state index contributed by atoms with van der Waals surface area (Å²) in [4.78, 5) is 18.5. The first-order chi connectivity index (χ1) is 12.4. The standard InChI is InChI=1S/C19H15Cl3N2OS/c1-3-24-17(12-7-8-15(21)16(22)10-12)11(2)26-19(24)23-18(25)13-5-4-6-14(20)9-13/h4-10H,3H2,1-2H3. The van der Waals surface area contributed by atoms with Crippen LogP contribution in [0.3, 0.4) is 0 Å². The molecule has 0 spiro atoms. The van der Waals surface area contributed by atoms with Crippen LogP contribution in [0.5, 0.6) is 0 Å². The van der Waals surface area contributed by atoms with E-state index in [1.165, 1.54) is 11.3 Å². The van der Waals surface area contributed by atoms with Crippen LogP contribution >= 0.6 is 46.1 Å². The molecule has 0 fully saturated rings. The minimum Gasteiger partial charge on any atom is -0.316 e. The second-order valence-corrected chi connectivity index (χ2v) is 8.02. The minimum absolute atomic E-state index is 0.323. The van der Waals surface area contributed by atoms with Crippen LogP contribution in [0.25, 0.3) is 11.3 Å². The van der Waals surface area contributed by atoms with Crippen LogP contribution in [0, 0.1) is 6.92 Å². The van der Waals surface area contributed by atoms with Gasteiger partial charge in [0, 0.05) is 27.6 Å². The molecule has 1 amide bonds. The van der Waals surface area contributed by atoms with Crippen molar-refractivity contribution >= 4 is 52.0 Å². The lowest BCUT2D eigenvalue weighted by atomic mass is 10.1. The predicted molar refractivity (Wildman–Crippen MR) is 110 cm³/mol. The van der Waals surface area contributed by atoms with E-state index in [1.807, 2.05) is 30.5 Å². The van der Waals surface area contributed by atoms with E-state index >= 15 is 0 Å². The van der Waals surface area contributed by atoms with Crippen LogP contribution in [-0.2, 0) is 6.54 Å². The molecule has 1 aromatic heterocycles. The van der Waals surface area contributed by atoms with Crippen LogP contribution in [0.15, 0.2) is 47.5 Å². The molecule has 3 aromatic rings. The van der Waals surface area contributed by atoms with E-state index in [9.17, 15) is 4.79 Å². The molecule has 0 atom stereocenters. The highest BCUT2D eigenvalue weighted by atomic mass is 35.5. The number of hydrogen-bond acceptors (Lipinski definition) is 2. The van der Waals surface area contributed by atoms with Gasteiger partial charge in [-0.1, -0.05) is 46.9 Å². The lowest BCUT2D eigenvalue weighted by Crippen LogP contribution is -2.17. The number of hydrogen-bond donors (Lipinski definition) is 0. The number of halogens is 3. The van der Waals surface area contributed by atoms with Crippen LogP contribution in [0.1, 0.15) is 22.2 Å². The highest BCUT2D eigenvalue weighted by Crippen LogP contribution is 2.31. The fourth-order valence-corrected chi connectivity index (χ4v) is 4.22. The summed E-state index contributed by atoms with van der Waals surface area (Å²) < 4.78 is 2.00. The highest BCUT2D eigenvalue weighted by Gasteiger charge is 2.14. The Morgan fingerprint density at radius 2 is 1.88 bits per heavy atom. The number of carbonyl (C=O) groups excluding carboxylic acids is 1. The topological polar surface area (TPSA) is 34.4 Å². The van der Waals surface area contributed by atoms with Crippen molar-refractivity contribution in [1.82, 2.24) is 4.57 Å². The maximum atomic E-state index is 12.5. The Morgan fingerprint density at radius 1 is 1.12 bits per heavy atom. The average Bonchev–Trinajstić information content (AvgIpc) is 2.92. The number of amides is 1. The van der Waals surface area contributed by atoms with Gasteiger partial charge in [-0.15, -0.1) is 11.3 Å². The van der Waals surface area contributed by atoms with Crippen molar-refractivity contribution in [1.29, 1.82) is 0 Å². The molecule has 0 aliphatic heterocycles. The van der Waals surface area contributed by atoms with Crippen LogP contribution in [-0.4, -0.2) is 10.5 Å². The van der Waals surface area contributed by atoms with Gasteiger partial charge in [0.1, 0.15) is 0 Å². The third kappa shape index (κ3) is 3.89. The molecule has 26 heavy (non-hydrogen) atoms. The van der Waals surface area contributed by atoms with Crippen molar-refractivity contribution in [3.05, 3.63) is 72.8 Å². The summed E-state index contributed by atoms with van der Waals surface area (Å²) in [6, 6.07) is 12.3. The largest absolute Gasteiger partial charge is 0.316 e. The van der Waals surface area contributed by atoms with Crippen molar-refractivity contribution in [2.24, 2.45) is 4.99 Å². The van der Waals surface area contributed by atoms with E-state index in [1.54, 1.807) is 30.3 Å². The zero-order chi connectivity index (χ0) is 18.8. The number of aromatic nitrogens is 1. The second kappa shape index (κ2) is 7.97. The summed E-state index contributed by atoms with van der Waals surface area (Å²) in [6.07, 6.45) is 0. The summed E-state index contributed by atoms with van der Waals surface area (Å²) in [5.74, 6) is -0.323. The zero-order valence-electron chi connectivity index (χ0n) is 14.1. The molecule has 7 heteroatoms. The Bertz CT molecular complexity index is 1050. The molecule has 3 rings (SSSR count). The first-order valence-corrected chi connectivity index (χ1v) is 9.86. The Labute approximate surface area is 170 Å². The van der Waals surface area contributed by atoms with E-state index in [0.717, 1.165) is 16.1 Å². The predicted octanol–water partition coefficient (Wildman–Crippen LogP) is 6.25. The van der Waals surface area contributed by atoms with Crippen molar-refractivity contribution in [2.45, 2.75) is 20.4 Å². The van der Waals surface area contributed by atoms with Crippen molar-refractivity contribution < 1.29 is 4.79 Å². The molecule has 0 aliphatic carbocycles. The maximum absolute atomic E-state index is 12.5. The lowest BCUT2D eigenvalue weighted by molar-refractivity contribution is 0.0998. The van der Waals surface area contributed by atoms with Gasteiger partial charge in [0.2, 0.25) is 0 Å². The molecule has 1 heterocycles. The molecular weight excluding hydrogens is 411 g/mol. The molecule has 134 valence electrons. The van der Waals surface area contributed by atoms with Gasteiger partial charge in [0.15, 0.2) is 4.80 Å². The van der Waals surface area contributed by atoms with Crippen LogP contribution < -0.4 is 4.80 Å². The van der Waals surface area contributed by atoms with Gasteiger partial charge in [-0.05, 0) is 44.2 Å². The molecule has 0 saturated heterocycles. The fraction of sp³-hybridized carbons (Fsp3) is 0.158. The number of carbonyl (C=O) groups is 1. The molecule has 0 radical (unpaired) electrons. The Kier molecular flexibility index (Phi) is 5.88. The van der Waals surface area contributed by atoms with Crippen LogP contribution in [0.2, 0.25) is 15.1 Å². The summed E-state index contributed by atoms with van der Waals surface area (Å²) in [7, 11) is 0. The monoisotopic (exact) mass is 424 g/mol. The zero-order valence-corrected chi connectivity index (χ0v) is 17.2. The number of thiazole rings is 1. The lowest BCUT2D eigenvalue weighted by Gasteiger charge is -2.08. The third-order valence-electron chi connectivity index (χ3n) is 3.86. The van der Waals surface area contributed by atoms with Gasteiger partial charge in [-0.25, -0.2) is 0 Å². The summed E-state index contributed by atoms with van der Waals surface area (Å²) >= 11 is 19.6. The number of aryl methyl sites for hydroxylation is 1. The van der Waals surface area contributed by atoms with E-state index < -0.39 is 0 Å². The van der Waals surface area contributed by atoms with Gasteiger partial charge in [0.05, 0.1) is 15.7 Å². The molecule has 2 aromatic carbocycles. The second-order valence-electron chi connectivity index (χ2n) is 5.59. The summed E-state index contributed by atoms with van der Waals surface area (Å²) in [5.41, 5.74) is 2.38. The smallest absolute Gasteiger partial charge is 0.279 e. The van der Waals surface area contributed by atoms with Gasteiger partial charge >= 0.3 is 0 Å². The van der Waals surface area contributed by atoms with Crippen molar-refractivity contribution in [2.75, 3.05) is 0 Å². The van der Waals surface area contributed by atoms with Gasteiger partial charge in [-0.3, -0.25) is 4.79 Å². The van der Waals surface area contributed by atoms with Gasteiger partial charge in [-0.2, -0.15) is 4.99 Å². The molecule has 0 bridgehead atoms. The van der Waals surface area contributed by atoms with E-state index in [2.05, 4.69) is 4.99 Å². The summed E-state index contributed by atoms with van der Waals surface area (Å²) in [6.45, 7) is 4.68. The SMILES string of the molecule is CCn1c(-c2ccc(Cl)c(Cl)c2)c(C)sc1=NC(=O)c1cccc(Cl)c1. The average molecular weight is 426 g/mol. The quantitative estimate of drug-likeness (QED) is 0.488. The minimum atomic E-state index is -0.323. The first kappa shape index (κ1) is 19.2. The van der Waals surface area contributed by atoms with Crippen LogP contribution in [0.4, 0.5) is 0 Å². The fourth-order valence-electron chi connectivity index (χ4n) is 2.68. The molecule has 0 unspecified atom stereocenters. The first-order valence-electron chi connectivity index (χ1n) is 7.91. The van der Waals surface area contributed by atoms with Crippen molar-refractivity contribution in [3.63, 3.8) is 0 Å². The third-order valence-corrected chi connectivity index (χ3v) is 5.82. The maximum Gasteiger partial charge on any atom is 0.279 e. The van der Waals surface area contributed by atoms with E-state index in [0.29, 0.717) is 32.0 Å². The molecule has 0 saturated carbocycles. The molecule has 0 aliphatic rings. The highest BCUT2D eigenvalue weighted by molar-refractivity contribution is 7.09. The number of benzene rings is 2. The Morgan fingerprint density at radius 3 is 2.54 bits per heavy atom. The Hall–Kier alpha value is -1.59. The Balaban J connectivity index is 2.12. The molecule has 0 N–H and O–H groups in total. The molecule has 3 nitrogen and oxygen atoms in total. The van der Waals surface area contributed by atoms with Gasteiger partial charge in [0.25, 0.3) is 5.91 Å². The number of nitrogens with zero attached hydrogens (tertiary/aromatic N) is 2. The van der Waals surface area contributed by atoms with Gasteiger partial charge < -0.3 is 4.57 Å². The van der Waals surface area contributed by atoms with E-state index in [4.69, 9.17) is 34.8 Å². The summed E-state index contributed by atoms with van der Waals surface area (Å²) in [5, 5.41) is 1.51. The normalized spacial score (nSPS) is 11.8. The number of rotatable bonds is 3. The van der Waals surface area contributed by atoms with Crippen molar-refractivity contribution in [3.8, 4) is 11.3 Å². The van der Waals surface area contributed by atoms with E-state index in [-0.39, 0.29) is 5.91 Å². The molecular formula is C19H15Cl3N2OS.